The quantitative estimate of drug-likeness (QED) is 0.471. The topological polar surface area (TPSA) is 40.5 Å². The molecule has 0 heterocycles. The first-order chi connectivity index (χ1) is 14.4. The van der Waals surface area contributed by atoms with Gasteiger partial charge in [-0.1, -0.05) is 50.5 Å². The highest BCUT2D eigenvalue weighted by Gasteiger charge is 2.57. The number of hydrogen-bond donors (Lipinski definition) is 2. The SMILES string of the molecule is C/C(C[C@@H](C)[C@H](C)C(C)(C)O)=C1/CC[C@H]2[C@@H]3CC=C4C[C@@H](O)CC[C@]4(C)[C@H]3CC[C@]12C. The summed E-state index contributed by atoms with van der Waals surface area (Å²) in [6.45, 7) is 16.0. The third-order valence-electron chi connectivity index (χ3n) is 11.0. The predicted octanol–water partition coefficient (Wildman–Crippen LogP) is 7.06. The molecular formula is C29H48O2. The van der Waals surface area contributed by atoms with Crippen molar-refractivity contribution in [3.8, 4) is 0 Å². The summed E-state index contributed by atoms with van der Waals surface area (Å²) < 4.78 is 0. The lowest BCUT2D eigenvalue weighted by Gasteiger charge is -2.57. The third-order valence-corrected chi connectivity index (χ3v) is 11.0. The largest absolute Gasteiger partial charge is 0.393 e. The molecule has 0 unspecified atom stereocenters. The summed E-state index contributed by atoms with van der Waals surface area (Å²) in [4.78, 5) is 0. The molecule has 0 aliphatic heterocycles. The van der Waals surface area contributed by atoms with Gasteiger partial charge in [0.2, 0.25) is 0 Å². The second kappa shape index (κ2) is 8.01. The average molecular weight is 429 g/mol. The molecule has 2 nitrogen and oxygen atoms in total. The number of aliphatic hydroxyl groups excluding tert-OH is 1. The lowest BCUT2D eigenvalue weighted by molar-refractivity contribution is -0.0271. The Hall–Kier alpha value is -0.600. The Balaban J connectivity index is 1.56. The van der Waals surface area contributed by atoms with Crippen LogP contribution in [-0.2, 0) is 0 Å². The molecule has 0 spiro atoms. The Morgan fingerprint density at radius 3 is 2.42 bits per heavy atom. The van der Waals surface area contributed by atoms with E-state index >= 15 is 0 Å². The van der Waals surface area contributed by atoms with Gasteiger partial charge in [0.25, 0.3) is 0 Å². The molecule has 0 bridgehead atoms. The van der Waals surface area contributed by atoms with Gasteiger partial charge in [-0.2, -0.15) is 0 Å². The first-order valence-corrected chi connectivity index (χ1v) is 13.2. The van der Waals surface area contributed by atoms with E-state index in [0.29, 0.717) is 22.7 Å². The van der Waals surface area contributed by atoms with Crippen LogP contribution in [-0.4, -0.2) is 21.9 Å². The molecule has 3 fully saturated rings. The number of rotatable bonds is 4. The normalized spacial score (nSPS) is 44.0. The second-order valence-corrected chi connectivity index (χ2v) is 13.0. The Kier molecular flexibility index (Phi) is 6.09. The molecule has 0 aromatic rings. The van der Waals surface area contributed by atoms with E-state index in [2.05, 4.69) is 40.7 Å². The minimum Gasteiger partial charge on any atom is -0.393 e. The summed E-state index contributed by atoms with van der Waals surface area (Å²) in [7, 11) is 0. The van der Waals surface area contributed by atoms with Gasteiger partial charge in [0, 0.05) is 0 Å². The summed E-state index contributed by atoms with van der Waals surface area (Å²) in [5.41, 5.74) is 5.06. The van der Waals surface area contributed by atoms with Gasteiger partial charge in [-0.3, -0.25) is 0 Å². The number of allylic oxidation sites excluding steroid dienone is 3. The van der Waals surface area contributed by atoms with Crippen molar-refractivity contribution in [1.82, 2.24) is 0 Å². The van der Waals surface area contributed by atoms with E-state index in [4.69, 9.17) is 0 Å². The Morgan fingerprint density at radius 2 is 1.74 bits per heavy atom. The minimum atomic E-state index is -0.611. The van der Waals surface area contributed by atoms with Gasteiger partial charge in [-0.05, 0) is 119 Å². The Morgan fingerprint density at radius 1 is 1.10 bits per heavy atom. The van der Waals surface area contributed by atoms with Crippen molar-refractivity contribution in [2.24, 2.45) is 40.4 Å². The van der Waals surface area contributed by atoms with Crippen LogP contribution in [0.3, 0.4) is 0 Å². The van der Waals surface area contributed by atoms with Crippen LogP contribution >= 0.6 is 0 Å². The molecule has 4 rings (SSSR count). The van der Waals surface area contributed by atoms with Crippen LogP contribution < -0.4 is 0 Å². The van der Waals surface area contributed by atoms with E-state index in [0.717, 1.165) is 37.0 Å². The van der Waals surface area contributed by atoms with Crippen molar-refractivity contribution in [2.45, 2.75) is 118 Å². The van der Waals surface area contributed by atoms with Gasteiger partial charge in [0.1, 0.15) is 0 Å². The molecule has 0 aromatic heterocycles. The van der Waals surface area contributed by atoms with E-state index in [1.54, 1.807) is 16.7 Å². The molecule has 0 saturated heterocycles. The van der Waals surface area contributed by atoms with Crippen LogP contribution in [0.25, 0.3) is 0 Å². The molecule has 8 atom stereocenters. The summed E-state index contributed by atoms with van der Waals surface area (Å²) >= 11 is 0. The molecule has 2 heteroatoms. The van der Waals surface area contributed by atoms with Crippen molar-refractivity contribution in [1.29, 1.82) is 0 Å². The van der Waals surface area contributed by atoms with E-state index in [9.17, 15) is 10.2 Å². The fraction of sp³-hybridized carbons (Fsp3) is 0.862. The van der Waals surface area contributed by atoms with Gasteiger partial charge in [-0.25, -0.2) is 0 Å². The van der Waals surface area contributed by atoms with Gasteiger partial charge in [0.15, 0.2) is 0 Å². The van der Waals surface area contributed by atoms with E-state index in [-0.39, 0.29) is 6.10 Å². The van der Waals surface area contributed by atoms with Gasteiger partial charge < -0.3 is 10.2 Å². The smallest absolute Gasteiger partial charge is 0.0619 e. The maximum Gasteiger partial charge on any atom is 0.0619 e. The van der Waals surface area contributed by atoms with Crippen molar-refractivity contribution in [3.05, 3.63) is 22.8 Å². The zero-order valence-electron chi connectivity index (χ0n) is 21.3. The van der Waals surface area contributed by atoms with E-state index in [1.807, 2.05) is 13.8 Å². The maximum absolute atomic E-state index is 10.5. The molecular weight excluding hydrogens is 380 g/mol. The van der Waals surface area contributed by atoms with Gasteiger partial charge >= 0.3 is 0 Å². The van der Waals surface area contributed by atoms with Crippen molar-refractivity contribution in [3.63, 3.8) is 0 Å². The number of aliphatic hydroxyl groups is 2. The summed E-state index contributed by atoms with van der Waals surface area (Å²) in [6, 6.07) is 0. The molecule has 2 N–H and O–H groups in total. The molecule has 4 aliphatic rings. The highest BCUT2D eigenvalue weighted by molar-refractivity contribution is 5.31. The molecule has 3 saturated carbocycles. The van der Waals surface area contributed by atoms with Crippen LogP contribution in [0, 0.1) is 40.4 Å². The fourth-order valence-electron chi connectivity index (χ4n) is 8.63. The van der Waals surface area contributed by atoms with Crippen molar-refractivity contribution in [2.75, 3.05) is 0 Å². The molecule has 4 aliphatic carbocycles. The molecule has 0 radical (unpaired) electrons. The van der Waals surface area contributed by atoms with Crippen LogP contribution in [0.15, 0.2) is 22.8 Å². The molecule has 176 valence electrons. The predicted molar refractivity (Wildman–Crippen MR) is 130 cm³/mol. The number of hydrogen-bond acceptors (Lipinski definition) is 2. The van der Waals surface area contributed by atoms with Gasteiger partial charge in [0.05, 0.1) is 11.7 Å². The van der Waals surface area contributed by atoms with Crippen LogP contribution in [0.1, 0.15) is 106 Å². The van der Waals surface area contributed by atoms with Crippen LogP contribution in [0.5, 0.6) is 0 Å². The molecule has 0 aromatic carbocycles. The maximum atomic E-state index is 10.5. The van der Waals surface area contributed by atoms with Crippen molar-refractivity contribution >= 4 is 0 Å². The summed E-state index contributed by atoms with van der Waals surface area (Å²) in [5, 5.41) is 20.7. The molecule has 0 amide bonds. The van der Waals surface area contributed by atoms with E-state index < -0.39 is 5.60 Å². The average Bonchev–Trinajstić information content (AvgIpc) is 3.04. The van der Waals surface area contributed by atoms with Crippen LogP contribution in [0.4, 0.5) is 0 Å². The summed E-state index contributed by atoms with van der Waals surface area (Å²) in [5.74, 6) is 3.25. The van der Waals surface area contributed by atoms with E-state index in [1.165, 1.54) is 38.5 Å². The fourth-order valence-corrected chi connectivity index (χ4v) is 8.63. The molecule has 31 heavy (non-hydrogen) atoms. The zero-order valence-corrected chi connectivity index (χ0v) is 21.3. The first kappa shape index (κ1) is 23.6. The van der Waals surface area contributed by atoms with Crippen molar-refractivity contribution < 1.29 is 10.2 Å². The minimum absolute atomic E-state index is 0.110. The third kappa shape index (κ3) is 3.88. The lowest BCUT2D eigenvalue weighted by atomic mass is 9.47. The Bertz CT molecular complexity index is 755. The summed E-state index contributed by atoms with van der Waals surface area (Å²) in [6.07, 6.45) is 13.2. The first-order valence-electron chi connectivity index (χ1n) is 13.2. The standard InChI is InChI=1S/C29H48O2/c1-18(20(3)27(4,5)31)16-19(2)24-10-11-25-23-9-8-21-17-22(30)12-14-28(21,6)26(23)13-15-29(24,25)7/h8,18,20,22-23,25-26,30-31H,9-17H2,1-7H3/b24-19+/t18-,20+,22+,23+,25+,26+,28+,29-/m1/s1. The van der Waals surface area contributed by atoms with Gasteiger partial charge in [-0.15, -0.1) is 0 Å². The zero-order chi connectivity index (χ0) is 22.8. The second-order valence-electron chi connectivity index (χ2n) is 13.0. The number of fused-ring (bicyclic) bond motifs is 5. The highest BCUT2D eigenvalue weighted by Crippen LogP contribution is 2.66. The highest BCUT2D eigenvalue weighted by atomic mass is 16.3. The lowest BCUT2D eigenvalue weighted by Crippen LogP contribution is -2.49. The monoisotopic (exact) mass is 428 g/mol. The van der Waals surface area contributed by atoms with Crippen LogP contribution in [0.2, 0.25) is 0 Å². The Labute approximate surface area is 191 Å².